The van der Waals surface area contributed by atoms with E-state index in [0.717, 1.165) is 22.4 Å². The Balaban J connectivity index is 1.47. The van der Waals surface area contributed by atoms with Crippen LogP contribution in [0.25, 0.3) is 5.70 Å². The molecule has 0 aliphatic carbocycles. The number of carbonyl (C=O) groups is 1. The third kappa shape index (κ3) is 4.30. The van der Waals surface area contributed by atoms with E-state index >= 15 is 0 Å². The Morgan fingerprint density at radius 3 is 2.50 bits per heavy atom. The molecule has 0 bridgehead atoms. The average Bonchev–Trinajstić information content (AvgIpc) is 3.35. The summed E-state index contributed by atoms with van der Waals surface area (Å²) in [4.78, 5) is 14.7. The number of allylic oxidation sites excluding steroid dienone is 1. The number of anilines is 1. The first-order valence-corrected chi connectivity index (χ1v) is 11.0. The van der Waals surface area contributed by atoms with Crippen molar-refractivity contribution >= 4 is 17.6 Å². The van der Waals surface area contributed by atoms with Crippen molar-refractivity contribution in [1.29, 1.82) is 0 Å². The Bertz CT molecular complexity index is 1330. The van der Waals surface area contributed by atoms with Crippen LogP contribution in [0.5, 0.6) is 0 Å². The average molecular weight is 455 g/mol. The number of rotatable bonds is 6. The fourth-order valence-electron chi connectivity index (χ4n) is 4.02. The van der Waals surface area contributed by atoms with Crippen molar-refractivity contribution in [3.8, 4) is 0 Å². The van der Waals surface area contributed by atoms with E-state index in [-0.39, 0.29) is 30.9 Å². The summed E-state index contributed by atoms with van der Waals surface area (Å²) < 4.78 is 15.7. The Morgan fingerprint density at radius 1 is 1.00 bits per heavy atom. The van der Waals surface area contributed by atoms with Gasteiger partial charge in [-0.15, -0.1) is 0 Å². The van der Waals surface area contributed by atoms with Crippen LogP contribution in [0.4, 0.5) is 10.3 Å². The molecule has 1 aliphatic rings. The Hall–Kier alpha value is -4.33. The number of hydrogen-bond donors (Lipinski definition) is 1. The fraction of sp³-hybridized carbons (Fsp3) is 0.154. The number of benzene rings is 3. The highest BCUT2D eigenvalue weighted by Gasteiger charge is 2.31. The standard InChI is InChI=1S/C26H23FN6O/c1-18-11-13-20(14-12-18)24-15-23(19-7-3-2-4-8-19)32(26-29-30-31-33(24)26)17-25(34)28-16-21-9-5-6-10-22(21)27/h2-15,24H,16-17H2,1H3,(H,28,34)/t24-/m0/s1. The molecule has 1 aromatic heterocycles. The van der Waals surface area contributed by atoms with Gasteiger partial charge in [-0.1, -0.05) is 83.5 Å². The van der Waals surface area contributed by atoms with Crippen LogP contribution < -0.4 is 10.2 Å². The van der Waals surface area contributed by atoms with Crippen LogP contribution in [0.15, 0.2) is 84.9 Å². The highest BCUT2D eigenvalue weighted by atomic mass is 19.1. The molecule has 170 valence electrons. The predicted octanol–water partition coefficient (Wildman–Crippen LogP) is 3.89. The van der Waals surface area contributed by atoms with Gasteiger partial charge in [-0.05, 0) is 40.6 Å². The monoisotopic (exact) mass is 454 g/mol. The van der Waals surface area contributed by atoms with Crippen molar-refractivity contribution < 1.29 is 9.18 Å². The van der Waals surface area contributed by atoms with E-state index in [4.69, 9.17) is 0 Å². The first kappa shape index (κ1) is 21.5. The maximum atomic E-state index is 14.0. The summed E-state index contributed by atoms with van der Waals surface area (Å²) in [5, 5.41) is 15.2. The number of hydrogen-bond acceptors (Lipinski definition) is 5. The molecule has 1 N–H and O–H groups in total. The van der Waals surface area contributed by atoms with E-state index < -0.39 is 0 Å². The Kier molecular flexibility index (Phi) is 5.86. The van der Waals surface area contributed by atoms with Crippen LogP contribution in [-0.4, -0.2) is 32.7 Å². The molecule has 0 fully saturated rings. The van der Waals surface area contributed by atoms with Gasteiger partial charge >= 0.3 is 0 Å². The molecule has 3 aromatic carbocycles. The number of aryl methyl sites for hydroxylation is 1. The summed E-state index contributed by atoms with van der Waals surface area (Å²) >= 11 is 0. The normalized spacial score (nSPS) is 14.9. The van der Waals surface area contributed by atoms with Gasteiger partial charge in [-0.2, -0.15) is 4.68 Å². The van der Waals surface area contributed by atoms with Crippen LogP contribution in [-0.2, 0) is 11.3 Å². The zero-order chi connectivity index (χ0) is 23.5. The van der Waals surface area contributed by atoms with Crippen LogP contribution in [0.3, 0.4) is 0 Å². The van der Waals surface area contributed by atoms with Gasteiger partial charge < -0.3 is 5.32 Å². The highest BCUT2D eigenvalue weighted by molar-refractivity contribution is 5.89. The SMILES string of the molecule is Cc1ccc([C@@H]2C=C(c3ccccc3)N(CC(=O)NCc3ccccc3F)c3nnnn32)cc1. The van der Waals surface area contributed by atoms with Crippen molar-refractivity contribution in [2.75, 3.05) is 11.4 Å². The zero-order valence-electron chi connectivity index (χ0n) is 18.6. The van der Waals surface area contributed by atoms with Gasteiger partial charge in [0.05, 0.1) is 5.70 Å². The number of nitrogens with one attached hydrogen (secondary N) is 1. The number of aromatic nitrogens is 4. The predicted molar refractivity (Wildman–Crippen MR) is 127 cm³/mol. The van der Waals surface area contributed by atoms with Crippen LogP contribution >= 0.6 is 0 Å². The van der Waals surface area contributed by atoms with E-state index in [1.165, 1.54) is 6.07 Å². The molecule has 34 heavy (non-hydrogen) atoms. The molecule has 7 nitrogen and oxygen atoms in total. The second kappa shape index (κ2) is 9.27. The summed E-state index contributed by atoms with van der Waals surface area (Å²) in [6, 6.07) is 24.2. The summed E-state index contributed by atoms with van der Waals surface area (Å²) in [6.07, 6.45) is 2.06. The van der Waals surface area contributed by atoms with E-state index in [9.17, 15) is 9.18 Å². The van der Waals surface area contributed by atoms with Gasteiger partial charge in [-0.25, -0.2) is 4.39 Å². The maximum Gasteiger partial charge on any atom is 0.251 e. The third-order valence-corrected chi connectivity index (χ3v) is 5.81. The summed E-state index contributed by atoms with van der Waals surface area (Å²) in [5.74, 6) is -0.156. The van der Waals surface area contributed by atoms with Crippen LogP contribution in [0, 0.1) is 12.7 Å². The number of halogens is 1. The largest absolute Gasteiger partial charge is 0.350 e. The lowest BCUT2D eigenvalue weighted by molar-refractivity contribution is -0.119. The number of amides is 1. The van der Waals surface area contributed by atoms with Gasteiger partial charge in [0.15, 0.2) is 0 Å². The molecule has 1 atom stereocenters. The molecule has 2 heterocycles. The van der Waals surface area contributed by atoms with Gasteiger partial charge in [0, 0.05) is 12.1 Å². The zero-order valence-corrected chi connectivity index (χ0v) is 18.6. The smallest absolute Gasteiger partial charge is 0.251 e. The van der Waals surface area contributed by atoms with Gasteiger partial charge in [0.2, 0.25) is 5.91 Å². The quantitative estimate of drug-likeness (QED) is 0.478. The Labute approximate surface area is 196 Å². The summed E-state index contributed by atoms with van der Waals surface area (Å²) in [6.45, 7) is 2.12. The lowest BCUT2D eigenvalue weighted by Gasteiger charge is -2.32. The highest BCUT2D eigenvalue weighted by Crippen LogP contribution is 2.36. The molecule has 0 spiro atoms. The number of nitrogens with zero attached hydrogens (tertiary/aromatic N) is 5. The fourth-order valence-corrected chi connectivity index (χ4v) is 4.02. The summed E-state index contributed by atoms with van der Waals surface area (Å²) in [5.41, 5.74) is 4.40. The molecule has 0 saturated carbocycles. The molecule has 1 amide bonds. The molecular weight excluding hydrogens is 431 g/mol. The first-order chi connectivity index (χ1) is 16.6. The minimum Gasteiger partial charge on any atom is -0.350 e. The molecular formula is C26H23FN6O. The van der Waals surface area contributed by atoms with E-state index in [2.05, 4.69) is 51.2 Å². The molecule has 8 heteroatoms. The van der Waals surface area contributed by atoms with Gasteiger partial charge in [-0.3, -0.25) is 9.69 Å². The van der Waals surface area contributed by atoms with E-state index in [1.807, 2.05) is 37.3 Å². The van der Waals surface area contributed by atoms with Gasteiger partial charge in [0.25, 0.3) is 5.95 Å². The maximum absolute atomic E-state index is 14.0. The third-order valence-electron chi connectivity index (χ3n) is 5.81. The number of carbonyl (C=O) groups excluding carboxylic acids is 1. The van der Waals surface area contributed by atoms with E-state index in [0.29, 0.717) is 11.5 Å². The second-order valence-corrected chi connectivity index (χ2v) is 8.15. The van der Waals surface area contributed by atoms with Crippen LogP contribution in [0.1, 0.15) is 28.3 Å². The molecule has 5 rings (SSSR count). The molecule has 0 unspecified atom stereocenters. The van der Waals surface area contributed by atoms with Crippen molar-refractivity contribution in [1.82, 2.24) is 25.5 Å². The molecule has 0 radical (unpaired) electrons. The molecule has 1 aliphatic heterocycles. The Morgan fingerprint density at radius 2 is 1.74 bits per heavy atom. The first-order valence-electron chi connectivity index (χ1n) is 11.0. The molecule has 4 aromatic rings. The van der Waals surface area contributed by atoms with Crippen molar-refractivity contribution in [3.05, 3.63) is 113 Å². The van der Waals surface area contributed by atoms with Crippen LogP contribution in [0.2, 0.25) is 0 Å². The van der Waals surface area contributed by atoms with Crippen molar-refractivity contribution in [2.45, 2.75) is 19.5 Å². The molecule has 0 saturated heterocycles. The number of tetrazole rings is 1. The second-order valence-electron chi connectivity index (χ2n) is 8.15. The topological polar surface area (TPSA) is 75.9 Å². The summed E-state index contributed by atoms with van der Waals surface area (Å²) in [7, 11) is 0. The van der Waals surface area contributed by atoms with Crippen molar-refractivity contribution in [2.24, 2.45) is 0 Å². The minimum absolute atomic E-state index is 0.0177. The van der Waals surface area contributed by atoms with E-state index in [1.54, 1.807) is 27.8 Å². The number of fused-ring (bicyclic) bond motifs is 1. The lowest BCUT2D eigenvalue weighted by atomic mass is 10.00. The van der Waals surface area contributed by atoms with Crippen molar-refractivity contribution in [3.63, 3.8) is 0 Å². The van der Waals surface area contributed by atoms with Gasteiger partial charge in [0.1, 0.15) is 18.4 Å². The lowest BCUT2D eigenvalue weighted by Crippen LogP contribution is -2.40. The minimum atomic E-state index is -0.351.